The molecule has 0 aliphatic rings. The van der Waals surface area contributed by atoms with Gasteiger partial charge in [0.25, 0.3) is 5.91 Å². The summed E-state index contributed by atoms with van der Waals surface area (Å²) in [5, 5.41) is 9.21. The summed E-state index contributed by atoms with van der Waals surface area (Å²) >= 11 is 11.8. The molecule has 0 saturated carbocycles. The summed E-state index contributed by atoms with van der Waals surface area (Å²) in [6, 6.07) is 16.6. The summed E-state index contributed by atoms with van der Waals surface area (Å²) in [6.45, 7) is -0.250. The Balaban J connectivity index is 1.44. The van der Waals surface area contributed by atoms with Gasteiger partial charge >= 0.3 is 11.8 Å². The Morgan fingerprint density at radius 2 is 1.65 bits per heavy atom. The number of hydrazone groups is 1. The Morgan fingerprint density at radius 1 is 0.912 bits per heavy atom. The maximum absolute atomic E-state index is 13.5. The third-order valence-corrected chi connectivity index (χ3v) is 4.71. The predicted molar refractivity (Wildman–Crippen MR) is 128 cm³/mol. The van der Waals surface area contributed by atoms with Crippen molar-refractivity contribution in [2.24, 2.45) is 5.10 Å². The second-order valence-electron chi connectivity index (χ2n) is 6.66. The van der Waals surface area contributed by atoms with Gasteiger partial charge in [-0.1, -0.05) is 35.3 Å². The summed E-state index contributed by atoms with van der Waals surface area (Å²) in [4.78, 5) is 35.6. The summed E-state index contributed by atoms with van der Waals surface area (Å²) < 4.78 is 18.9. The molecule has 3 aromatic rings. The van der Waals surface area contributed by atoms with Crippen LogP contribution in [0.5, 0.6) is 5.75 Å². The first-order valence-electron chi connectivity index (χ1n) is 9.68. The molecule has 174 valence electrons. The SMILES string of the molecule is O=C(COc1ccc(/C=N\NC(=O)C(=O)Nc2ccccc2F)cc1)Nc1ccc(Cl)cc1Cl. The fourth-order valence-electron chi connectivity index (χ4n) is 2.53. The number of hydrogen-bond donors (Lipinski definition) is 3. The summed E-state index contributed by atoms with van der Waals surface area (Å²) in [7, 11) is 0. The van der Waals surface area contributed by atoms with E-state index in [1.165, 1.54) is 30.5 Å². The van der Waals surface area contributed by atoms with Crippen LogP contribution in [0.2, 0.25) is 10.0 Å². The second kappa shape index (κ2) is 11.8. The highest BCUT2D eigenvalue weighted by atomic mass is 35.5. The van der Waals surface area contributed by atoms with Gasteiger partial charge in [0.1, 0.15) is 11.6 Å². The maximum atomic E-state index is 13.5. The minimum Gasteiger partial charge on any atom is -0.484 e. The van der Waals surface area contributed by atoms with Crippen molar-refractivity contribution >= 4 is 58.5 Å². The molecule has 0 aliphatic carbocycles. The molecule has 11 heteroatoms. The van der Waals surface area contributed by atoms with Crippen LogP contribution in [-0.2, 0) is 14.4 Å². The van der Waals surface area contributed by atoms with E-state index in [1.807, 2.05) is 5.43 Å². The summed E-state index contributed by atoms with van der Waals surface area (Å²) in [5.41, 5.74) is 2.93. The number of amides is 3. The molecule has 0 fully saturated rings. The number of halogens is 3. The number of anilines is 2. The zero-order valence-corrected chi connectivity index (χ0v) is 18.9. The molecule has 3 rings (SSSR count). The molecule has 3 N–H and O–H groups in total. The Bertz CT molecular complexity index is 1240. The standard InChI is InChI=1S/C23H17Cl2FN4O4/c24-15-7-10-19(17(25)11-15)28-21(31)13-34-16-8-5-14(6-9-16)12-27-30-23(33)22(32)29-20-4-2-1-3-18(20)26/h1-12H,13H2,(H,28,31)(H,29,32)(H,30,33)/b27-12-. The molecule has 0 bridgehead atoms. The average Bonchev–Trinajstić information content (AvgIpc) is 2.81. The molecule has 0 unspecified atom stereocenters. The number of carbonyl (C=O) groups excluding carboxylic acids is 3. The number of hydrogen-bond acceptors (Lipinski definition) is 5. The number of nitrogens with one attached hydrogen (secondary N) is 3. The third kappa shape index (κ3) is 7.29. The van der Waals surface area contributed by atoms with Gasteiger partial charge in [0.15, 0.2) is 6.61 Å². The van der Waals surface area contributed by atoms with Crippen molar-refractivity contribution in [3.05, 3.63) is 88.2 Å². The van der Waals surface area contributed by atoms with Gasteiger partial charge in [-0.3, -0.25) is 14.4 Å². The van der Waals surface area contributed by atoms with Gasteiger partial charge in [-0.05, 0) is 60.2 Å². The van der Waals surface area contributed by atoms with Crippen molar-refractivity contribution in [1.29, 1.82) is 0 Å². The van der Waals surface area contributed by atoms with E-state index in [0.717, 1.165) is 6.07 Å². The zero-order valence-electron chi connectivity index (χ0n) is 17.3. The van der Waals surface area contributed by atoms with Crippen LogP contribution < -0.4 is 20.8 Å². The molecule has 0 heterocycles. The number of carbonyl (C=O) groups is 3. The highest BCUT2D eigenvalue weighted by molar-refractivity contribution is 6.39. The Hall–Kier alpha value is -3.95. The van der Waals surface area contributed by atoms with Gasteiger partial charge < -0.3 is 15.4 Å². The van der Waals surface area contributed by atoms with E-state index < -0.39 is 23.5 Å². The quantitative estimate of drug-likeness (QED) is 0.255. The molecule has 0 aromatic heterocycles. The molecule has 0 aliphatic heterocycles. The normalized spacial score (nSPS) is 10.6. The molecule has 3 amide bonds. The fourth-order valence-corrected chi connectivity index (χ4v) is 2.99. The van der Waals surface area contributed by atoms with Crippen LogP contribution in [0.15, 0.2) is 71.8 Å². The van der Waals surface area contributed by atoms with Crippen molar-refractivity contribution in [3.63, 3.8) is 0 Å². The van der Waals surface area contributed by atoms with Crippen LogP contribution in [-0.4, -0.2) is 30.5 Å². The fraction of sp³-hybridized carbons (Fsp3) is 0.0435. The number of nitrogens with zero attached hydrogens (tertiary/aromatic N) is 1. The van der Waals surface area contributed by atoms with Gasteiger partial charge in [0.05, 0.1) is 22.6 Å². The van der Waals surface area contributed by atoms with Crippen LogP contribution in [0.1, 0.15) is 5.56 Å². The molecule has 0 atom stereocenters. The van der Waals surface area contributed by atoms with E-state index in [9.17, 15) is 18.8 Å². The van der Waals surface area contributed by atoms with Gasteiger partial charge in [-0.2, -0.15) is 5.10 Å². The first kappa shape index (κ1) is 24.7. The third-order valence-electron chi connectivity index (χ3n) is 4.16. The molecule has 34 heavy (non-hydrogen) atoms. The van der Waals surface area contributed by atoms with Crippen LogP contribution in [0.25, 0.3) is 0 Å². The number of para-hydroxylation sites is 1. The largest absolute Gasteiger partial charge is 0.484 e. The monoisotopic (exact) mass is 502 g/mol. The first-order valence-corrected chi connectivity index (χ1v) is 10.4. The minimum absolute atomic E-state index is 0.118. The lowest BCUT2D eigenvalue weighted by molar-refractivity contribution is -0.136. The highest BCUT2D eigenvalue weighted by Crippen LogP contribution is 2.25. The smallest absolute Gasteiger partial charge is 0.329 e. The molecule has 0 saturated heterocycles. The first-order chi connectivity index (χ1) is 16.3. The van der Waals surface area contributed by atoms with Crippen molar-refractivity contribution in [1.82, 2.24) is 5.43 Å². The molecule has 8 nitrogen and oxygen atoms in total. The second-order valence-corrected chi connectivity index (χ2v) is 7.51. The van der Waals surface area contributed by atoms with Gasteiger partial charge in [0.2, 0.25) is 0 Å². The highest BCUT2D eigenvalue weighted by Gasteiger charge is 2.14. The lowest BCUT2D eigenvalue weighted by atomic mass is 10.2. The number of benzene rings is 3. The Labute approximate surface area is 203 Å². The van der Waals surface area contributed by atoms with E-state index in [-0.39, 0.29) is 12.3 Å². The van der Waals surface area contributed by atoms with E-state index in [4.69, 9.17) is 27.9 Å². The van der Waals surface area contributed by atoms with Crippen molar-refractivity contribution in [2.45, 2.75) is 0 Å². The van der Waals surface area contributed by atoms with Crippen LogP contribution >= 0.6 is 23.2 Å². The lowest BCUT2D eigenvalue weighted by Gasteiger charge is -2.09. The van der Waals surface area contributed by atoms with Crippen LogP contribution in [0, 0.1) is 5.82 Å². The van der Waals surface area contributed by atoms with Crippen LogP contribution in [0.4, 0.5) is 15.8 Å². The van der Waals surface area contributed by atoms with Gasteiger partial charge in [-0.15, -0.1) is 0 Å². The predicted octanol–water partition coefficient (Wildman–Crippen LogP) is 4.24. The summed E-state index contributed by atoms with van der Waals surface area (Å²) in [6.07, 6.45) is 1.30. The van der Waals surface area contributed by atoms with Crippen LogP contribution in [0.3, 0.4) is 0 Å². The Kier molecular flexibility index (Phi) is 8.55. The number of rotatable bonds is 7. The molecular formula is C23H17Cl2FN4O4. The maximum Gasteiger partial charge on any atom is 0.329 e. The molecule has 0 spiro atoms. The van der Waals surface area contributed by atoms with Crippen molar-refractivity contribution in [3.8, 4) is 5.75 Å². The topological polar surface area (TPSA) is 109 Å². The molecule has 0 radical (unpaired) electrons. The van der Waals surface area contributed by atoms with E-state index in [1.54, 1.807) is 36.4 Å². The van der Waals surface area contributed by atoms with E-state index >= 15 is 0 Å². The van der Waals surface area contributed by atoms with Gasteiger partial charge in [0, 0.05) is 5.02 Å². The number of ether oxygens (including phenoxy) is 1. The van der Waals surface area contributed by atoms with E-state index in [0.29, 0.717) is 27.0 Å². The average molecular weight is 503 g/mol. The van der Waals surface area contributed by atoms with Crippen molar-refractivity contribution in [2.75, 3.05) is 17.2 Å². The Morgan fingerprint density at radius 3 is 2.35 bits per heavy atom. The molecular weight excluding hydrogens is 486 g/mol. The molecule has 3 aromatic carbocycles. The van der Waals surface area contributed by atoms with Crippen molar-refractivity contribution < 1.29 is 23.5 Å². The minimum atomic E-state index is -1.07. The lowest BCUT2D eigenvalue weighted by Crippen LogP contribution is -2.32. The summed E-state index contributed by atoms with van der Waals surface area (Å²) in [5.74, 6) is -2.79. The zero-order chi connectivity index (χ0) is 24.5. The van der Waals surface area contributed by atoms with Gasteiger partial charge in [-0.25, -0.2) is 9.82 Å². The van der Waals surface area contributed by atoms with E-state index in [2.05, 4.69) is 15.7 Å².